The van der Waals surface area contributed by atoms with Gasteiger partial charge in [-0.25, -0.2) is 14.2 Å². The van der Waals surface area contributed by atoms with Crippen molar-refractivity contribution in [3.8, 4) is 0 Å². The third-order valence-corrected chi connectivity index (χ3v) is 3.45. The summed E-state index contributed by atoms with van der Waals surface area (Å²) in [5.41, 5.74) is -0.563. The molecule has 122 valence electrons. The van der Waals surface area contributed by atoms with Crippen LogP contribution in [0.4, 0.5) is 10.2 Å². The smallest absolute Gasteiger partial charge is 0.330 e. The molecule has 1 N–H and O–H groups in total. The van der Waals surface area contributed by atoms with E-state index in [2.05, 4.69) is 15.3 Å². The van der Waals surface area contributed by atoms with Gasteiger partial charge in [0.25, 0.3) is 0 Å². The molecule has 1 aromatic rings. The number of nitrogens with one attached hydrogen (secondary N) is 1. The molecule has 8 heteroatoms. The summed E-state index contributed by atoms with van der Waals surface area (Å²) >= 11 is 5.67. The van der Waals surface area contributed by atoms with Crippen LogP contribution in [-0.4, -0.2) is 40.1 Å². The van der Waals surface area contributed by atoms with Crippen molar-refractivity contribution in [3.05, 3.63) is 17.3 Å². The Bertz CT molecular complexity index is 550. The predicted molar refractivity (Wildman–Crippen MR) is 80.8 cm³/mol. The second-order valence-corrected chi connectivity index (χ2v) is 6.67. The SMILES string of the molecule is CC(C)(C)C(=O)ON1CCCC(Nc2nc(Cl)ncc2F)C1. The standard InChI is InChI=1S/C14H20ClFN4O2/c1-14(2,3)12(21)22-20-6-4-5-9(8-20)18-11-10(16)7-17-13(15)19-11/h7,9H,4-6,8H2,1-3H3,(H,17,18,19). The summed E-state index contributed by atoms with van der Waals surface area (Å²) in [5.74, 6) is -0.786. The number of rotatable bonds is 3. The number of carbonyl (C=O) groups is 1. The molecule has 22 heavy (non-hydrogen) atoms. The van der Waals surface area contributed by atoms with Crippen LogP contribution in [0.5, 0.6) is 0 Å². The maximum Gasteiger partial charge on any atom is 0.330 e. The van der Waals surface area contributed by atoms with Crippen LogP contribution in [-0.2, 0) is 9.63 Å². The highest BCUT2D eigenvalue weighted by Crippen LogP contribution is 2.21. The Balaban J connectivity index is 1.96. The van der Waals surface area contributed by atoms with Crippen molar-refractivity contribution < 1.29 is 14.0 Å². The first kappa shape index (κ1) is 16.9. The number of hydroxylamine groups is 2. The average Bonchev–Trinajstić information content (AvgIpc) is 2.42. The first-order valence-electron chi connectivity index (χ1n) is 7.17. The summed E-state index contributed by atoms with van der Waals surface area (Å²) in [4.78, 5) is 24.7. The summed E-state index contributed by atoms with van der Waals surface area (Å²) in [5, 5.41) is 4.58. The third-order valence-electron chi connectivity index (χ3n) is 3.26. The zero-order chi connectivity index (χ0) is 16.3. The van der Waals surface area contributed by atoms with Crippen molar-refractivity contribution in [1.82, 2.24) is 15.0 Å². The Labute approximate surface area is 134 Å². The fourth-order valence-corrected chi connectivity index (χ4v) is 2.17. The molecule has 0 amide bonds. The molecule has 0 saturated carbocycles. The van der Waals surface area contributed by atoms with Gasteiger partial charge in [0.15, 0.2) is 11.6 Å². The van der Waals surface area contributed by atoms with Crippen LogP contribution in [0.1, 0.15) is 33.6 Å². The Hall–Kier alpha value is -1.47. The molecule has 6 nitrogen and oxygen atoms in total. The van der Waals surface area contributed by atoms with E-state index in [1.54, 1.807) is 25.8 Å². The van der Waals surface area contributed by atoms with Crippen LogP contribution in [0, 0.1) is 11.2 Å². The Morgan fingerprint density at radius 2 is 2.27 bits per heavy atom. The molecule has 0 radical (unpaired) electrons. The number of nitrogens with zero attached hydrogens (tertiary/aromatic N) is 3. The third kappa shape index (κ3) is 4.51. The van der Waals surface area contributed by atoms with Crippen molar-refractivity contribution in [3.63, 3.8) is 0 Å². The Morgan fingerprint density at radius 3 is 2.95 bits per heavy atom. The van der Waals surface area contributed by atoms with Crippen LogP contribution in [0.15, 0.2) is 6.20 Å². The molecule has 1 unspecified atom stereocenters. The lowest BCUT2D eigenvalue weighted by Gasteiger charge is -2.33. The zero-order valence-corrected chi connectivity index (χ0v) is 13.7. The van der Waals surface area contributed by atoms with Gasteiger partial charge in [-0.1, -0.05) is 0 Å². The number of hydrogen-bond acceptors (Lipinski definition) is 6. The largest absolute Gasteiger partial charge is 0.367 e. The summed E-state index contributed by atoms with van der Waals surface area (Å²) in [6.45, 7) is 6.52. The molecule has 0 aliphatic carbocycles. The first-order valence-corrected chi connectivity index (χ1v) is 7.55. The van der Waals surface area contributed by atoms with Crippen LogP contribution < -0.4 is 5.32 Å². The average molecular weight is 331 g/mol. The Kier molecular flexibility index (Phi) is 5.18. The highest BCUT2D eigenvalue weighted by atomic mass is 35.5. The topological polar surface area (TPSA) is 67.3 Å². The molecule has 1 fully saturated rings. The normalized spacial score (nSPS) is 19.8. The molecule has 1 saturated heterocycles. The first-order chi connectivity index (χ1) is 10.3. The van der Waals surface area contributed by atoms with E-state index in [0.717, 1.165) is 19.0 Å². The van der Waals surface area contributed by atoms with E-state index in [9.17, 15) is 9.18 Å². The van der Waals surface area contributed by atoms with Gasteiger partial charge in [-0.2, -0.15) is 4.98 Å². The second kappa shape index (κ2) is 6.75. The van der Waals surface area contributed by atoms with Gasteiger partial charge in [0.2, 0.25) is 5.28 Å². The van der Waals surface area contributed by atoms with Crippen molar-refractivity contribution in [2.24, 2.45) is 5.41 Å². The number of anilines is 1. The lowest BCUT2D eigenvalue weighted by Crippen LogP contribution is -2.44. The quantitative estimate of drug-likeness (QED) is 0.859. The van der Waals surface area contributed by atoms with E-state index >= 15 is 0 Å². The minimum absolute atomic E-state index is 0.0178. The molecule has 0 bridgehead atoms. The molecule has 0 spiro atoms. The van der Waals surface area contributed by atoms with Gasteiger partial charge in [0.1, 0.15) is 0 Å². The van der Waals surface area contributed by atoms with Crippen LogP contribution >= 0.6 is 11.6 Å². The summed E-state index contributed by atoms with van der Waals surface area (Å²) in [6, 6.07) is -0.0815. The van der Waals surface area contributed by atoms with Crippen molar-refractivity contribution in [1.29, 1.82) is 0 Å². The van der Waals surface area contributed by atoms with E-state index < -0.39 is 11.2 Å². The maximum atomic E-state index is 13.6. The predicted octanol–water partition coefficient (Wildman–Crippen LogP) is 2.65. The molecule has 2 heterocycles. The summed E-state index contributed by atoms with van der Waals surface area (Å²) in [7, 11) is 0. The van der Waals surface area contributed by atoms with E-state index in [1.165, 1.54) is 0 Å². The lowest BCUT2D eigenvalue weighted by molar-refractivity contribution is -0.204. The molecule has 1 atom stereocenters. The van der Waals surface area contributed by atoms with Crippen molar-refractivity contribution in [2.75, 3.05) is 18.4 Å². The van der Waals surface area contributed by atoms with Gasteiger partial charge in [-0.05, 0) is 45.2 Å². The molecular formula is C14H20ClFN4O2. The fourth-order valence-electron chi connectivity index (χ4n) is 2.04. The van der Waals surface area contributed by atoms with Crippen LogP contribution in [0.3, 0.4) is 0 Å². The number of hydrogen-bond donors (Lipinski definition) is 1. The second-order valence-electron chi connectivity index (χ2n) is 6.34. The number of halogens is 2. The molecule has 0 aromatic carbocycles. The number of carbonyl (C=O) groups excluding carboxylic acids is 1. The lowest BCUT2D eigenvalue weighted by atomic mass is 9.98. The minimum atomic E-state index is -0.563. The van der Waals surface area contributed by atoms with E-state index in [-0.39, 0.29) is 23.1 Å². The van der Waals surface area contributed by atoms with Gasteiger partial charge in [0.05, 0.1) is 18.2 Å². The Morgan fingerprint density at radius 1 is 1.55 bits per heavy atom. The monoisotopic (exact) mass is 330 g/mol. The van der Waals surface area contributed by atoms with Gasteiger partial charge in [-0.15, -0.1) is 5.06 Å². The van der Waals surface area contributed by atoms with Gasteiger partial charge in [0, 0.05) is 12.6 Å². The van der Waals surface area contributed by atoms with E-state index in [0.29, 0.717) is 13.1 Å². The highest BCUT2D eigenvalue weighted by Gasteiger charge is 2.29. The maximum absolute atomic E-state index is 13.6. The zero-order valence-electron chi connectivity index (χ0n) is 12.9. The van der Waals surface area contributed by atoms with Gasteiger partial charge >= 0.3 is 5.97 Å². The molecule has 1 aliphatic heterocycles. The van der Waals surface area contributed by atoms with E-state index in [1.807, 2.05) is 0 Å². The number of piperidine rings is 1. The van der Waals surface area contributed by atoms with Crippen molar-refractivity contribution >= 4 is 23.4 Å². The van der Waals surface area contributed by atoms with Gasteiger partial charge in [-0.3, -0.25) is 0 Å². The molecular weight excluding hydrogens is 311 g/mol. The summed E-state index contributed by atoms with van der Waals surface area (Å²) < 4.78 is 13.6. The highest BCUT2D eigenvalue weighted by molar-refractivity contribution is 6.28. The minimum Gasteiger partial charge on any atom is -0.367 e. The summed E-state index contributed by atoms with van der Waals surface area (Å²) in [6.07, 6.45) is 2.68. The van der Waals surface area contributed by atoms with Crippen LogP contribution in [0.25, 0.3) is 0 Å². The van der Waals surface area contributed by atoms with Gasteiger partial charge < -0.3 is 10.2 Å². The van der Waals surface area contributed by atoms with Crippen LogP contribution in [0.2, 0.25) is 5.28 Å². The number of aromatic nitrogens is 2. The molecule has 1 aliphatic rings. The fraction of sp³-hybridized carbons (Fsp3) is 0.643. The van der Waals surface area contributed by atoms with Crippen molar-refractivity contribution in [2.45, 2.75) is 39.7 Å². The van der Waals surface area contributed by atoms with E-state index in [4.69, 9.17) is 16.4 Å². The molecule has 1 aromatic heterocycles. The molecule has 2 rings (SSSR count).